The van der Waals surface area contributed by atoms with Gasteiger partial charge < -0.3 is 16.2 Å². The van der Waals surface area contributed by atoms with E-state index in [0.717, 1.165) is 0 Å². The summed E-state index contributed by atoms with van der Waals surface area (Å²) in [7, 11) is 1.47. The molecule has 0 aromatic carbocycles. The van der Waals surface area contributed by atoms with Crippen molar-refractivity contribution in [2.45, 2.75) is 25.6 Å². The first-order chi connectivity index (χ1) is 5.97. The summed E-state index contributed by atoms with van der Waals surface area (Å²) in [4.78, 5) is 21.3. The number of ether oxygens (including phenoxy) is 1. The minimum absolute atomic E-state index is 0.122. The van der Waals surface area contributed by atoms with E-state index in [4.69, 9.17) is 16.2 Å². The van der Waals surface area contributed by atoms with Gasteiger partial charge in [-0.25, -0.2) is 0 Å². The lowest BCUT2D eigenvalue weighted by Crippen LogP contribution is -2.48. The van der Waals surface area contributed by atoms with Crippen molar-refractivity contribution < 1.29 is 14.3 Å². The van der Waals surface area contributed by atoms with Gasteiger partial charge in [0, 0.05) is 7.11 Å². The molecule has 0 fully saturated rings. The summed E-state index contributed by atoms with van der Waals surface area (Å²) < 4.78 is 4.84. The zero-order chi connectivity index (χ0) is 10.4. The van der Waals surface area contributed by atoms with Gasteiger partial charge in [-0.15, -0.1) is 0 Å². The maximum Gasteiger partial charge on any atom is 0.235 e. The Labute approximate surface area is 76.6 Å². The second-order valence-corrected chi connectivity index (χ2v) is 2.67. The third kappa shape index (κ3) is 5.15. The predicted octanol–water partition coefficient (Wildman–Crippen LogP) is -1.70. The maximum atomic E-state index is 10.8. The highest BCUT2D eigenvalue weighted by Gasteiger charge is 2.19. The van der Waals surface area contributed by atoms with Crippen LogP contribution in [0, 0.1) is 0 Å². The average Bonchev–Trinajstić information content (AvgIpc) is 2.02. The van der Waals surface area contributed by atoms with Crippen LogP contribution < -0.4 is 16.8 Å². The number of carbonyl (C=O) groups is 2. The molecular weight excluding hydrogens is 174 g/mol. The van der Waals surface area contributed by atoms with Gasteiger partial charge in [0.25, 0.3) is 0 Å². The highest BCUT2D eigenvalue weighted by atomic mass is 16.5. The van der Waals surface area contributed by atoms with Gasteiger partial charge >= 0.3 is 0 Å². The number of rotatable bonds is 6. The molecule has 0 aliphatic rings. The zero-order valence-corrected chi connectivity index (χ0v) is 7.74. The van der Waals surface area contributed by atoms with E-state index in [0.29, 0.717) is 0 Å². The van der Waals surface area contributed by atoms with Crippen molar-refractivity contribution in [2.75, 3.05) is 7.11 Å². The fourth-order valence-corrected chi connectivity index (χ4v) is 0.794. The molecular formula is C7H15N3O3. The Balaban J connectivity index is 4.10. The van der Waals surface area contributed by atoms with Crippen LogP contribution in [0.4, 0.5) is 0 Å². The first-order valence-corrected chi connectivity index (χ1v) is 3.83. The second-order valence-electron chi connectivity index (χ2n) is 2.67. The van der Waals surface area contributed by atoms with Crippen LogP contribution in [0.15, 0.2) is 0 Å². The third-order valence-electron chi connectivity index (χ3n) is 1.54. The Hall–Kier alpha value is -1.14. The number of amides is 2. The standard InChI is InChI=1S/C7H15N3O3/c1-4(13-2)10-5(7(9)12)3-6(8)11/h4-5,10H,3H2,1-2H3,(H2,8,11)(H2,9,12)/t4?,5-/m0/s1. The minimum atomic E-state index is -0.771. The van der Waals surface area contributed by atoms with Gasteiger partial charge in [-0.1, -0.05) is 0 Å². The predicted molar refractivity (Wildman–Crippen MR) is 46.4 cm³/mol. The van der Waals surface area contributed by atoms with E-state index in [1.54, 1.807) is 6.92 Å². The van der Waals surface area contributed by atoms with Gasteiger partial charge in [0.05, 0.1) is 12.5 Å². The Morgan fingerprint density at radius 3 is 2.31 bits per heavy atom. The summed E-state index contributed by atoms with van der Waals surface area (Å²) >= 11 is 0. The molecule has 0 aliphatic heterocycles. The number of nitrogens with one attached hydrogen (secondary N) is 1. The molecule has 0 aliphatic carbocycles. The van der Waals surface area contributed by atoms with E-state index in [9.17, 15) is 9.59 Å². The van der Waals surface area contributed by atoms with Gasteiger partial charge in [-0.2, -0.15) is 0 Å². The molecule has 0 saturated carbocycles. The Bertz CT molecular complexity index is 195. The molecule has 6 heteroatoms. The van der Waals surface area contributed by atoms with E-state index in [1.165, 1.54) is 7.11 Å². The number of methoxy groups -OCH3 is 1. The largest absolute Gasteiger partial charge is 0.370 e. The van der Waals surface area contributed by atoms with E-state index in [1.807, 2.05) is 0 Å². The molecule has 0 aromatic rings. The molecule has 2 atom stereocenters. The van der Waals surface area contributed by atoms with Gasteiger partial charge in [-0.05, 0) is 6.92 Å². The van der Waals surface area contributed by atoms with Gasteiger partial charge in [0.15, 0.2) is 0 Å². The maximum absolute atomic E-state index is 10.8. The van der Waals surface area contributed by atoms with Crippen LogP contribution in [0.2, 0.25) is 0 Å². The number of carbonyl (C=O) groups excluding carboxylic acids is 2. The van der Waals surface area contributed by atoms with Crippen LogP contribution in [0.3, 0.4) is 0 Å². The smallest absolute Gasteiger partial charge is 0.235 e. The van der Waals surface area contributed by atoms with Crippen molar-refractivity contribution >= 4 is 11.8 Å². The van der Waals surface area contributed by atoms with Crippen LogP contribution in [0.25, 0.3) is 0 Å². The molecule has 2 amide bonds. The van der Waals surface area contributed by atoms with Crippen LogP contribution in [0.5, 0.6) is 0 Å². The molecule has 6 nitrogen and oxygen atoms in total. The summed E-state index contributed by atoms with van der Waals surface area (Å²) in [5.41, 5.74) is 9.94. The zero-order valence-electron chi connectivity index (χ0n) is 7.74. The van der Waals surface area contributed by atoms with Gasteiger partial charge in [0.2, 0.25) is 11.8 Å². The molecule has 0 saturated heterocycles. The Morgan fingerprint density at radius 1 is 1.46 bits per heavy atom. The lowest BCUT2D eigenvalue weighted by Gasteiger charge is -2.18. The summed E-state index contributed by atoms with van der Waals surface area (Å²) in [5.74, 6) is -1.21. The van der Waals surface area contributed by atoms with Crippen LogP contribution in [0.1, 0.15) is 13.3 Å². The lowest BCUT2D eigenvalue weighted by atomic mass is 10.2. The monoisotopic (exact) mass is 189 g/mol. The number of nitrogens with two attached hydrogens (primary N) is 2. The van der Waals surface area contributed by atoms with Crippen molar-refractivity contribution in [2.24, 2.45) is 11.5 Å². The normalized spacial score (nSPS) is 14.9. The minimum Gasteiger partial charge on any atom is -0.370 e. The Morgan fingerprint density at radius 2 is 2.00 bits per heavy atom. The molecule has 0 radical (unpaired) electrons. The SMILES string of the molecule is COC(C)N[C@@H](CC(N)=O)C(N)=O. The van der Waals surface area contributed by atoms with E-state index in [-0.39, 0.29) is 12.6 Å². The quantitative estimate of drug-likeness (QED) is 0.433. The number of hydrogen-bond donors (Lipinski definition) is 3. The van der Waals surface area contributed by atoms with E-state index >= 15 is 0 Å². The van der Waals surface area contributed by atoms with Crippen LogP contribution in [-0.2, 0) is 14.3 Å². The molecule has 0 aromatic heterocycles. The van der Waals surface area contributed by atoms with Crippen molar-refractivity contribution in [1.29, 1.82) is 0 Å². The summed E-state index contributed by atoms with van der Waals surface area (Å²) in [5, 5.41) is 2.70. The highest BCUT2D eigenvalue weighted by Crippen LogP contribution is 1.93. The molecule has 13 heavy (non-hydrogen) atoms. The first-order valence-electron chi connectivity index (χ1n) is 3.83. The summed E-state index contributed by atoms with van der Waals surface area (Å²) in [6.07, 6.45) is -0.472. The fraction of sp³-hybridized carbons (Fsp3) is 0.714. The summed E-state index contributed by atoms with van der Waals surface area (Å²) in [6, 6.07) is -0.771. The van der Waals surface area contributed by atoms with Gasteiger partial charge in [-0.3, -0.25) is 14.9 Å². The topological polar surface area (TPSA) is 107 Å². The van der Waals surface area contributed by atoms with Gasteiger partial charge in [0.1, 0.15) is 6.23 Å². The third-order valence-corrected chi connectivity index (χ3v) is 1.54. The molecule has 0 heterocycles. The van der Waals surface area contributed by atoms with Crippen molar-refractivity contribution in [1.82, 2.24) is 5.32 Å². The van der Waals surface area contributed by atoms with Crippen LogP contribution >= 0.6 is 0 Å². The molecule has 76 valence electrons. The molecule has 0 rings (SSSR count). The van der Waals surface area contributed by atoms with Crippen molar-refractivity contribution in [3.8, 4) is 0 Å². The highest BCUT2D eigenvalue weighted by molar-refractivity contribution is 5.86. The van der Waals surface area contributed by atoms with E-state index < -0.39 is 17.9 Å². The second kappa shape index (κ2) is 5.50. The van der Waals surface area contributed by atoms with Crippen LogP contribution in [-0.4, -0.2) is 31.2 Å². The molecule has 0 spiro atoms. The summed E-state index contributed by atoms with van der Waals surface area (Å²) in [6.45, 7) is 1.69. The van der Waals surface area contributed by atoms with Crippen molar-refractivity contribution in [3.05, 3.63) is 0 Å². The lowest BCUT2D eigenvalue weighted by molar-refractivity contribution is -0.126. The Kier molecular flexibility index (Phi) is 5.01. The first kappa shape index (κ1) is 11.9. The van der Waals surface area contributed by atoms with E-state index in [2.05, 4.69) is 5.32 Å². The average molecular weight is 189 g/mol. The van der Waals surface area contributed by atoms with Crippen molar-refractivity contribution in [3.63, 3.8) is 0 Å². The number of hydrogen-bond acceptors (Lipinski definition) is 4. The fourth-order valence-electron chi connectivity index (χ4n) is 0.794. The molecule has 0 bridgehead atoms. The molecule has 1 unspecified atom stereocenters. The number of primary amides is 2. The molecule has 5 N–H and O–H groups in total.